The van der Waals surface area contributed by atoms with Crippen LogP contribution in [-0.2, 0) is 11.2 Å². The predicted octanol–water partition coefficient (Wildman–Crippen LogP) is 3.46. The van der Waals surface area contributed by atoms with Gasteiger partial charge in [-0.2, -0.15) is 5.10 Å². The number of aromatic nitrogens is 4. The molecular weight excluding hydrogens is 376 g/mol. The third-order valence-corrected chi connectivity index (χ3v) is 5.28. The van der Waals surface area contributed by atoms with Gasteiger partial charge in [0.25, 0.3) is 0 Å². The average molecular weight is 397 g/mol. The lowest BCUT2D eigenvalue weighted by Gasteiger charge is -2.29. The minimum absolute atomic E-state index is 0.0548. The highest BCUT2D eigenvalue weighted by Crippen LogP contribution is 2.29. The van der Waals surface area contributed by atoms with E-state index in [1.165, 1.54) is 12.4 Å². The van der Waals surface area contributed by atoms with Crippen LogP contribution in [0.15, 0.2) is 49.2 Å². The van der Waals surface area contributed by atoms with Crippen LogP contribution in [0.5, 0.6) is 0 Å². The van der Waals surface area contributed by atoms with Crippen molar-refractivity contribution >= 4 is 5.91 Å². The number of nitrogens with zero attached hydrogens (tertiary/aromatic N) is 4. The van der Waals surface area contributed by atoms with E-state index in [1.807, 2.05) is 16.9 Å². The SMILES string of the molecule is O=C(Cc1ccc(F)cc1F)NC1CCC(n2cc(-c3ccncn3)cn2)CC1. The van der Waals surface area contributed by atoms with E-state index in [4.69, 9.17) is 0 Å². The number of carbonyl (C=O) groups is 1. The summed E-state index contributed by atoms with van der Waals surface area (Å²) in [6.07, 6.45) is 10.3. The second kappa shape index (κ2) is 8.46. The molecule has 0 aliphatic heterocycles. The number of amides is 1. The van der Waals surface area contributed by atoms with Crippen LogP contribution in [0.25, 0.3) is 11.3 Å². The van der Waals surface area contributed by atoms with E-state index in [9.17, 15) is 13.6 Å². The first-order chi connectivity index (χ1) is 14.1. The third-order valence-electron chi connectivity index (χ3n) is 5.28. The van der Waals surface area contributed by atoms with E-state index in [2.05, 4.69) is 20.4 Å². The van der Waals surface area contributed by atoms with Crippen molar-refractivity contribution in [3.63, 3.8) is 0 Å². The molecule has 1 aliphatic carbocycles. The predicted molar refractivity (Wildman–Crippen MR) is 103 cm³/mol. The van der Waals surface area contributed by atoms with Gasteiger partial charge in [0.05, 0.1) is 24.4 Å². The summed E-state index contributed by atoms with van der Waals surface area (Å²) in [5.74, 6) is -1.59. The first kappa shape index (κ1) is 19.2. The lowest BCUT2D eigenvalue weighted by atomic mass is 9.91. The third kappa shape index (κ3) is 4.64. The molecule has 29 heavy (non-hydrogen) atoms. The molecule has 2 heterocycles. The standard InChI is InChI=1S/C21H21F2N5O/c22-16-2-1-14(19(23)10-16)9-21(29)27-17-3-5-18(6-4-17)28-12-15(11-26-28)20-7-8-24-13-25-20/h1-2,7-8,10-13,17-18H,3-6,9H2,(H,27,29). The molecule has 1 aliphatic rings. The van der Waals surface area contributed by atoms with Crippen LogP contribution in [-0.4, -0.2) is 31.7 Å². The van der Waals surface area contributed by atoms with Crippen LogP contribution in [0.4, 0.5) is 8.78 Å². The molecule has 0 radical (unpaired) electrons. The van der Waals surface area contributed by atoms with Crippen LogP contribution in [0.3, 0.4) is 0 Å². The molecule has 0 saturated heterocycles. The van der Waals surface area contributed by atoms with Gasteiger partial charge in [0, 0.05) is 30.1 Å². The van der Waals surface area contributed by atoms with E-state index in [0.717, 1.165) is 49.1 Å². The van der Waals surface area contributed by atoms with E-state index in [1.54, 1.807) is 12.4 Å². The van der Waals surface area contributed by atoms with Crippen molar-refractivity contribution in [2.24, 2.45) is 0 Å². The van der Waals surface area contributed by atoms with Crippen molar-refractivity contribution < 1.29 is 13.6 Å². The smallest absolute Gasteiger partial charge is 0.224 e. The van der Waals surface area contributed by atoms with Crippen molar-refractivity contribution in [1.82, 2.24) is 25.1 Å². The molecule has 150 valence electrons. The minimum Gasteiger partial charge on any atom is -0.353 e. The molecule has 0 unspecified atom stereocenters. The summed E-state index contributed by atoms with van der Waals surface area (Å²) < 4.78 is 28.7. The Hall–Kier alpha value is -3.16. The highest BCUT2D eigenvalue weighted by atomic mass is 19.1. The Bertz CT molecular complexity index is 984. The van der Waals surface area contributed by atoms with Crippen molar-refractivity contribution in [2.75, 3.05) is 0 Å². The number of carbonyl (C=O) groups excluding carboxylic acids is 1. The number of halogens is 2. The Morgan fingerprint density at radius 3 is 2.72 bits per heavy atom. The zero-order valence-corrected chi connectivity index (χ0v) is 15.8. The second-order valence-electron chi connectivity index (χ2n) is 7.29. The molecule has 0 spiro atoms. The molecule has 4 rings (SSSR count). The molecule has 6 nitrogen and oxygen atoms in total. The molecular formula is C21H21F2N5O. The Morgan fingerprint density at radius 2 is 2.00 bits per heavy atom. The largest absolute Gasteiger partial charge is 0.353 e. The molecule has 2 aromatic heterocycles. The quantitative estimate of drug-likeness (QED) is 0.716. The topological polar surface area (TPSA) is 72.7 Å². The van der Waals surface area contributed by atoms with Gasteiger partial charge in [-0.3, -0.25) is 9.48 Å². The maximum Gasteiger partial charge on any atom is 0.224 e. The number of hydrogen-bond donors (Lipinski definition) is 1. The van der Waals surface area contributed by atoms with Gasteiger partial charge in [-0.25, -0.2) is 18.7 Å². The second-order valence-corrected chi connectivity index (χ2v) is 7.29. The Morgan fingerprint density at radius 1 is 1.17 bits per heavy atom. The summed E-state index contributed by atoms with van der Waals surface area (Å²) in [5.41, 5.74) is 1.98. The fourth-order valence-electron chi connectivity index (χ4n) is 3.73. The lowest BCUT2D eigenvalue weighted by Crippen LogP contribution is -2.38. The first-order valence-electron chi connectivity index (χ1n) is 9.62. The highest BCUT2D eigenvalue weighted by molar-refractivity contribution is 5.78. The van der Waals surface area contributed by atoms with Gasteiger partial charge < -0.3 is 5.32 Å². The maximum atomic E-state index is 13.7. The molecule has 0 atom stereocenters. The van der Waals surface area contributed by atoms with Gasteiger partial charge in [-0.05, 0) is 43.4 Å². The molecule has 8 heteroatoms. The molecule has 1 saturated carbocycles. The molecule has 1 aromatic carbocycles. The van der Waals surface area contributed by atoms with Crippen molar-refractivity contribution in [2.45, 2.75) is 44.2 Å². The fraction of sp³-hybridized carbons (Fsp3) is 0.333. The lowest BCUT2D eigenvalue weighted by molar-refractivity contribution is -0.121. The Kier molecular flexibility index (Phi) is 5.59. The average Bonchev–Trinajstić information content (AvgIpc) is 3.22. The van der Waals surface area contributed by atoms with Crippen molar-refractivity contribution in [1.29, 1.82) is 0 Å². The van der Waals surface area contributed by atoms with Crippen LogP contribution in [0.1, 0.15) is 37.3 Å². The monoisotopic (exact) mass is 397 g/mol. The normalized spacial score (nSPS) is 19.1. The van der Waals surface area contributed by atoms with Gasteiger partial charge in [-0.1, -0.05) is 6.07 Å². The van der Waals surface area contributed by atoms with Crippen LogP contribution >= 0.6 is 0 Å². The number of nitrogens with one attached hydrogen (secondary N) is 1. The zero-order chi connectivity index (χ0) is 20.2. The van der Waals surface area contributed by atoms with Crippen LogP contribution < -0.4 is 5.32 Å². The summed E-state index contributed by atoms with van der Waals surface area (Å²) in [6.45, 7) is 0. The molecule has 0 bridgehead atoms. The van der Waals surface area contributed by atoms with Crippen LogP contribution in [0, 0.1) is 11.6 Å². The van der Waals surface area contributed by atoms with Gasteiger partial charge >= 0.3 is 0 Å². The summed E-state index contributed by atoms with van der Waals surface area (Å²) in [6, 6.07) is 5.45. The Labute approximate surface area is 167 Å². The minimum atomic E-state index is -0.693. The fourth-order valence-corrected chi connectivity index (χ4v) is 3.73. The number of rotatable bonds is 5. The maximum absolute atomic E-state index is 13.7. The summed E-state index contributed by atoms with van der Waals surface area (Å²) in [5, 5.41) is 7.44. The number of benzene rings is 1. The van der Waals surface area contributed by atoms with Gasteiger partial charge in [-0.15, -0.1) is 0 Å². The van der Waals surface area contributed by atoms with Gasteiger partial charge in [0.2, 0.25) is 5.91 Å². The first-order valence-corrected chi connectivity index (χ1v) is 9.62. The van der Waals surface area contributed by atoms with E-state index in [0.29, 0.717) is 0 Å². The van der Waals surface area contributed by atoms with Gasteiger partial charge in [0.1, 0.15) is 18.0 Å². The van der Waals surface area contributed by atoms with E-state index < -0.39 is 11.6 Å². The number of hydrogen-bond acceptors (Lipinski definition) is 4. The molecule has 3 aromatic rings. The van der Waals surface area contributed by atoms with Crippen molar-refractivity contribution in [3.05, 3.63) is 66.4 Å². The summed E-state index contributed by atoms with van der Waals surface area (Å²) in [7, 11) is 0. The Balaban J connectivity index is 1.29. The summed E-state index contributed by atoms with van der Waals surface area (Å²) in [4.78, 5) is 20.4. The molecule has 1 fully saturated rings. The van der Waals surface area contributed by atoms with Crippen molar-refractivity contribution in [3.8, 4) is 11.3 Å². The van der Waals surface area contributed by atoms with Gasteiger partial charge in [0.15, 0.2) is 0 Å². The molecule has 1 amide bonds. The molecule has 1 N–H and O–H groups in total. The zero-order valence-electron chi connectivity index (χ0n) is 15.8. The summed E-state index contributed by atoms with van der Waals surface area (Å²) >= 11 is 0. The van der Waals surface area contributed by atoms with E-state index in [-0.39, 0.29) is 30.0 Å². The van der Waals surface area contributed by atoms with Crippen LogP contribution in [0.2, 0.25) is 0 Å². The highest BCUT2D eigenvalue weighted by Gasteiger charge is 2.24. The van der Waals surface area contributed by atoms with E-state index >= 15 is 0 Å².